The number of β-amino-alcohol motifs (C(OH)–C–C–N with tert-alkyl or cyclic N) is 1. The van der Waals surface area contributed by atoms with Gasteiger partial charge in [-0.25, -0.2) is 0 Å². The molecule has 16 heavy (non-hydrogen) atoms. The van der Waals surface area contributed by atoms with E-state index >= 15 is 0 Å². The molecule has 86 valence electrons. The fourth-order valence-corrected chi connectivity index (χ4v) is 2.14. The first-order valence-electron chi connectivity index (χ1n) is 5.21. The number of methoxy groups -OCH3 is 1. The van der Waals surface area contributed by atoms with Crippen molar-refractivity contribution in [3.05, 3.63) is 29.8 Å². The highest BCUT2D eigenvalue weighted by Crippen LogP contribution is 2.33. The van der Waals surface area contributed by atoms with Crippen LogP contribution in [-0.4, -0.2) is 42.7 Å². The Balaban J connectivity index is 2.40. The highest BCUT2D eigenvalue weighted by Gasteiger charge is 2.39. The Hall–Kier alpha value is -1.55. The Morgan fingerprint density at radius 3 is 2.69 bits per heavy atom. The second-order valence-corrected chi connectivity index (χ2v) is 4.01. The van der Waals surface area contributed by atoms with E-state index in [4.69, 9.17) is 4.74 Å². The highest BCUT2D eigenvalue weighted by molar-refractivity contribution is 5.87. The van der Waals surface area contributed by atoms with Gasteiger partial charge in [-0.3, -0.25) is 4.79 Å². The van der Waals surface area contributed by atoms with Crippen LogP contribution in [0.1, 0.15) is 11.5 Å². The molecule has 0 saturated carbocycles. The minimum absolute atomic E-state index is 0.0583. The first kappa shape index (κ1) is 11.0. The summed E-state index contributed by atoms with van der Waals surface area (Å²) in [6.07, 6.45) is -0.659. The van der Waals surface area contributed by atoms with Crippen molar-refractivity contribution in [3.8, 4) is 5.75 Å². The number of likely N-dealkylation sites (N-methyl/N-ethyl adjacent to an activating group) is 1. The summed E-state index contributed by atoms with van der Waals surface area (Å²) in [7, 11) is 3.26. The standard InChI is InChI=1S/C12H15NO3/c1-13-7-9(14)11(12(13)15)8-5-3-4-6-10(8)16-2/h3-6,9,11,14H,7H2,1-2H3. The Morgan fingerprint density at radius 1 is 1.44 bits per heavy atom. The largest absolute Gasteiger partial charge is 0.496 e. The van der Waals surface area contributed by atoms with E-state index in [0.29, 0.717) is 12.3 Å². The maximum Gasteiger partial charge on any atom is 0.232 e. The Kier molecular flexibility index (Phi) is 2.83. The van der Waals surface area contributed by atoms with Crippen molar-refractivity contribution in [2.75, 3.05) is 20.7 Å². The summed E-state index contributed by atoms with van der Waals surface area (Å²) in [5.74, 6) is 0.0911. The first-order chi connectivity index (χ1) is 7.65. The number of aliphatic hydroxyl groups is 1. The van der Waals surface area contributed by atoms with Gasteiger partial charge in [0.25, 0.3) is 0 Å². The number of hydrogen-bond acceptors (Lipinski definition) is 3. The predicted molar refractivity (Wildman–Crippen MR) is 59.4 cm³/mol. The van der Waals surface area contributed by atoms with Gasteiger partial charge in [-0.1, -0.05) is 18.2 Å². The van der Waals surface area contributed by atoms with Crippen LogP contribution in [0.15, 0.2) is 24.3 Å². The molecule has 0 radical (unpaired) electrons. The van der Waals surface area contributed by atoms with Crippen LogP contribution in [0.5, 0.6) is 5.75 Å². The molecule has 4 heteroatoms. The summed E-state index contributed by atoms with van der Waals surface area (Å²) in [4.78, 5) is 13.4. The van der Waals surface area contributed by atoms with Gasteiger partial charge in [-0.2, -0.15) is 0 Å². The van der Waals surface area contributed by atoms with Crippen LogP contribution in [0.4, 0.5) is 0 Å². The third-order valence-corrected chi connectivity index (χ3v) is 2.96. The van der Waals surface area contributed by atoms with E-state index in [1.54, 1.807) is 25.1 Å². The molecule has 1 fully saturated rings. The molecule has 2 rings (SSSR count). The van der Waals surface area contributed by atoms with Crippen LogP contribution in [-0.2, 0) is 4.79 Å². The molecule has 0 aliphatic carbocycles. The second kappa shape index (κ2) is 4.14. The molecule has 2 unspecified atom stereocenters. The normalized spacial score (nSPS) is 24.9. The summed E-state index contributed by atoms with van der Waals surface area (Å²) < 4.78 is 5.21. The Labute approximate surface area is 94.4 Å². The predicted octanol–water partition coefficient (Wildman–Crippen LogP) is 0.612. The van der Waals surface area contributed by atoms with Gasteiger partial charge in [0.1, 0.15) is 5.75 Å². The summed E-state index contributed by atoms with van der Waals surface area (Å²) in [5, 5.41) is 9.89. The number of amides is 1. The number of hydrogen-bond donors (Lipinski definition) is 1. The fourth-order valence-electron chi connectivity index (χ4n) is 2.14. The van der Waals surface area contributed by atoms with Gasteiger partial charge in [0.05, 0.1) is 19.1 Å². The summed E-state index contributed by atoms with van der Waals surface area (Å²) in [6.45, 7) is 0.377. The molecule has 1 aromatic rings. The van der Waals surface area contributed by atoms with E-state index in [0.717, 1.165) is 5.56 Å². The smallest absolute Gasteiger partial charge is 0.232 e. The lowest BCUT2D eigenvalue weighted by molar-refractivity contribution is -0.128. The van der Waals surface area contributed by atoms with Gasteiger partial charge in [0, 0.05) is 19.2 Å². The van der Waals surface area contributed by atoms with Crippen LogP contribution in [0.2, 0.25) is 0 Å². The number of para-hydroxylation sites is 1. The fraction of sp³-hybridized carbons (Fsp3) is 0.417. The lowest BCUT2D eigenvalue weighted by atomic mass is 9.95. The molecule has 0 aromatic heterocycles. The summed E-state index contributed by atoms with van der Waals surface area (Å²) in [6, 6.07) is 7.31. The zero-order valence-electron chi connectivity index (χ0n) is 9.38. The molecule has 2 atom stereocenters. The maximum absolute atomic E-state index is 11.9. The Morgan fingerprint density at radius 2 is 2.12 bits per heavy atom. The van der Waals surface area contributed by atoms with Gasteiger partial charge in [-0.05, 0) is 6.07 Å². The van der Waals surface area contributed by atoms with Gasteiger partial charge < -0.3 is 14.7 Å². The van der Waals surface area contributed by atoms with Crippen LogP contribution in [0, 0.1) is 0 Å². The lowest BCUT2D eigenvalue weighted by Crippen LogP contribution is -2.22. The first-order valence-corrected chi connectivity index (χ1v) is 5.21. The van der Waals surface area contributed by atoms with Gasteiger partial charge in [0.2, 0.25) is 5.91 Å². The van der Waals surface area contributed by atoms with Crippen LogP contribution in [0.25, 0.3) is 0 Å². The third kappa shape index (κ3) is 1.65. The zero-order valence-corrected chi connectivity index (χ0v) is 9.38. The summed E-state index contributed by atoms with van der Waals surface area (Å²) >= 11 is 0. The molecule has 0 bridgehead atoms. The van der Waals surface area contributed by atoms with E-state index in [1.807, 2.05) is 18.2 Å². The Bertz CT molecular complexity index is 405. The summed E-state index contributed by atoms with van der Waals surface area (Å²) in [5.41, 5.74) is 0.756. The molecule has 1 amide bonds. The van der Waals surface area contributed by atoms with E-state index in [9.17, 15) is 9.90 Å². The number of ether oxygens (including phenoxy) is 1. The molecule has 1 aliphatic heterocycles. The third-order valence-electron chi connectivity index (χ3n) is 2.96. The SMILES string of the molecule is COc1ccccc1C1C(=O)N(C)CC1O. The van der Waals surface area contributed by atoms with Gasteiger partial charge in [0.15, 0.2) is 0 Å². The van der Waals surface area contributed by atoms with Crippen molar-refractivity contribution in [1.82, 2.24) is 4.90 Å². The van der Waals surface area contributed by atoms with Crippen molar-refractivity contribution in [2.45, 2.75) is 12.0 Å². The van der Waals surface area contributed by atoms with Gasteiger partial charge >= 0.3 is 0 Å². The van der Waals surface area contributed by atoms with Crippen LogP contribution < -0.4 is 4.74 Å². The maximum atomic E-state index is 11.9. The number of nitrogens with zero attached hydrogens (tertiary/aromatic N) is 1. The van der Waals surface area contributed by atoms with Crippen LogP contribution in [0.3, 0.4) is 0 Å². The number of carbonyl (C=O) groups excluding carboxylic acids is 1. The molecule has 1 aliphatic rings. The van der Waals surface area contributed by atoms with Crippen molar-refractivity contribution in [1.29, 1.82) is 0 Å². The number of aliphatic hydroxyl groups excluding tert-OH is 1. The number of rotatable bonds is 2. The lowest BCUT2D eigenvalue weighted by Gasteiger charge is -2.15. The molecule has 0 spiro atoms. The van der Waals surface area contributed by atoms with E-state index in [2.05, 4.69) is 0 Å². The zero-order chi connectivity index (χ0) is 11.7. The average molecular weight is 221 g/mol. The molecular formula is C12H15NO3. The van der Waals surface area contributed by atoms with Crippen molar-refractivity contribution in [3.63, 3.8) is 0 Å². The number of carbonyl (C=O) groups is 1. The number of likely N-dealkylation sites (tertiary alicyclic amines) is 1. The monoisotopic (exact) mass is 221 g/mol. The highest BCUT2D eigenvalue weighted by atomic mass is 16.5. The molecule has 1 aromatic carbocycles. The van der Waals surface area contributed by atoms with E-state index in [-0.39, 0.29) is 5.91 Å². The molecule has 4 nitrogen and oxygen atoms in total. The molecular weight excluding hydrogens is 206 g/mol. The molecule has 1 heterocycles. The minimum Gasteiger partial charge on any atom is -0.496 e. The van der Waals surface area contributed by atoms with E-state index < -0.39 is 12.0 Å². The average Bonchev–Trinajstić information content (AvgIpc) is 2.53. The molecule has 1 N–H and O–H groups in total. The van der Waals surface area contributed by atoms with Crippen molar-refractivity contribution >= 4 is 5.91 Å². The number of benzene rings is 1. The van der Waals surface area contributed by atoms with Crippen molar-refractivity contribution < 1.29 is 14.6 Å². The second-order valence-electron chi connectivity index (χ2n) is 4.01. The van der Waals surface area contributed by atoms with Gasteiger partial charge in [-0.15, -0.1) is 0 Å². The van der Waals surface area contributed by atoms with Crippen molar-refractivity contribution in [2.24, 2.45) is 0 Å². The minimum atomic E-state index is -0.659. The molecule has 1 saturated heterocycles. The van der Waals surface area contributed by atoms with Crippen LogP contribution >= 0.6 is 0 Å². The topological polar surface area (TPSA) is 49.8 Å². The quantitative estimate of drug-likeness (QED) is 0.796. The van der Waals surface area contributed by atoms with E-state index in [1.165, 1.54) is 0 Å².